The molecule has 0 amide bonds. The summed E-state index contributed by atoms with van der Waals surface area (Å²) in [6.07, 6.45) is 8.97. The molecule has 0 heterocycles. The molecule has 0 spiro atoms. The summed E-state index contributed by atoms with van der Waals surface area (Å²) in [5.41, 5.74) is 1.63. The van der Waals surface area contributed by atoms with Crippen LogP contribution in [0.5, 0.6) is 0 Å². The van der Waals surface area contributed by atoms with E-state index in [0.717, 1.165) is 6.54 Å². The van der Waals surface area contributed by atoms with Crippen molar-refractivity contribution in [3.05, 3.63) is 11.6 Å². The Morgan fingerprint density at radius 3 is 2.31 bits per heavy atom. The second kappa shape index (κ2) is 8.31. The van der Waals surface area contributed by atoms with Gasteiger partial charge in [0.25, 0.3) is 0 Å². The van der Waals surface area contributed by atoms with Gasteiger partial charge in [0.15, 0.2) is 0 Å². The van der Waals surface area contributed by atoms with Crippen molar-refractivity contribution in [2.75, 3.05) is 20.6 Å². The van der Waals surface area contributed by atoms with Crippen molar-refractivity contribution in [3.63, 3.8) is 0 Å². The van der Waals surface area contributed by atoms with Gasteiger partial charge in [0.2, 0.25) is 0 Å². The lowest BCUT2D eigenvalue weighted by molar-refractivity contribution is 0.454. The van der Waals surface area contributed by atoms with Gasteiger partial charge in [-0.15, -0.1) is 0 Å². The molecule has 0 aromatic heterocycles. The van der Waals surface area contributed by atoms with Crippen molar-refractivity contribution in [2.45, 2.75) is 46.0 Å². The first-order valence-corrected chi connectivity index (χ1v) is 5.53. The summed E-state index contributed by atoms with van der Waals surface area (Å²) in [5, 5.41) is 0. The third-order valence-corrected chi connectivity index (χ3v) is 2.30. The van der Waals surface area contributed by atoms with Crippen LogP contribution in [0.25, 0.3) is 0 Å². The highest BCUT2D eigenvalue weighted by atomic mass is 15.0. The average Bonchev–Trinajstić information content (AvgIpc) is 2.10. The summed E-state index contributed by atoms with van der Waals surface area (Å²) in [5.74, 6) is 0. The Labute approximate surface area is 83.8 Å². The van der Waals surface area contributed by atoms with Crippen LogP contribution in [-0.4, -0.2) is 25.5 Å². The Hall–Kier alpha value is -0.300. The van der Waals surface area contributed by atoms with E-state index in [1.165, 1.54) is 32.1 Å². The van der Waals surface area contributed by atoms with E-state index < -0.39 is 0 Å². The predicted octanol–water partition coefficient (Wildman–Crippen LogP) is 3.46. The largest absolute Gasteiger partial charge is 0.306 e. The van der Waals surface area contributed by atoms with E-state index in [4.69, 9.17) is 0 Å². The maximum atomic E-state index is 2.38. The van der Waals surface area contributed by atoms with Crippen LogP contribution in [0.4, 0.5) is 0 Å². The first kappa shape index (κ1) is 12.7. The highest BCUT2D eigenvalue weighted by molar-refractivity contribution is 5.02. The zero-order chi connectivity index (χ0) is 10.1. The van der Waals surface area contributed by atoms with Gasteiger partial charge >= 0.3 is 0 Å². The van der Waals surface area contributed by atoms with Crippen LogP contribution in [0.3, 0.4) is 0 Å². The number of unbranched alkanes of at least 4 members (excludes halogenated alkanes) is 2. The first-order chi connectivity index (χ1) is 6.20. The summed E-state index contributed by atoms with van der Waals surface area (Å²) >= 11 is 0. The molecule has 0 unspecified atom stereocenters. The fraction of sp³-hybridized carbons (Fsp3) is 0.833. The standard InChI is InChI=1S/C12H25N/c1-5-7-8-9-12(6-2)10-11-13(3)4/h10H,5-9,11H2,1-4H3. The second-order valence-electron chi connectivity index (χ2n) is 3.94. The third kappa shape index (κ3) is 8.04. The van der Waals surface area contributed by atoms with Gasteiger partial charge < -0.3 is 4.90 Å². The molecule has 0 bridgehead atoms. The Kier molecular flexibility index (Phi) is 8.11. The van der Waals surface area contributed by atoms with E-state index in [9.17, 15) is 0 Å². The van der Waals surface area contributed by atoms with Crippen LogP contribution in [0.15, 0.2) is 11.6 Å². The topological polar surface area (TPSA) is 3.24 Å². The van der Waals surface area contributed by atoms with Crippen molar-refractivity contribution in [1.82, 2.24) is 4.90 Å². The zero-order valence-electron chi connectivity index (χ0n) is 9.77. The number of rotatable bonds is 7. The smallest absolute Gasteiger partial charge is 0.0159 e. The minimum absolute atomic E-state index is 1.09. The molecule has 1 heteroatoms. The van der Waals surface area contributed by atoms with Gasteiger partial charge in [-0.05, 0) is 33.4 Å². The summed E-state index contributed by atoms with van der Waals surface area (Å²) in [7, 11) is 4.24. The minimum Gasteiger partial charge on any atom is -0.306 e. The molecule has 0 aliphatic rings. The second-order valence-corrected chi connectivity index (χ2v) is 3.94. The van der Waals surface area contributed by atoms with Crippen LogP contribution in [-0.2, 0) is 0 Å². The maximum Gasteiger partial charge on any atom is 0.0159 e. The van der Waals surface area contributed by atoms with Crippen LogP contribution < -0.4 is 0 Å². The molecule has 0 N–H and O–H groups in total. The van der Waals surface area contributed by atoms with Crippen LogP contribution >= 0.6 is 0 Å². The predicted molar refractivity (Wildman–Crippen MR) is 61.1 cm³/mol. The molecule has 78 valence electrons. The Morgan fingerprint density at radius 2 is 1.85 bits per heavy atom. The van der Waals surface area contributed by atoms with Gasteiger partial charge in [-0.1, -0.05) is 38.3 Å². The lowest BCUT2D eigenvalue weighted by atomic mass is 10.1. The number of likely N-dealkylation sites (N-methyl/N-ethyl adjacent to an activating group) is 1. The molecule has 0 saturated heterocycles. The van der Waals surface area contributed by atoms with Crippen molar-refractivity contribution < 1.29 is 0 Å². The molecule has 0 radical (unpaired) electrons. The van der Waals surface area contributed by atoms with Gasteiger partial charge in [-0.25, -0.2) is 0 Å². The molecule has 13 heavy (non-hydrogen) atoms. The van der Waals surface area contributed by atoms with E-state index in [1.54, 1.807) is 5.57 Å². The fourth-order valence-electron chi connectivity index (χ4n) is 1.34. The zero-order valence-corrected chi connectivity index (χ0v) is 9.77. The number of nitrogens with zero attached hydrogens (tertiary/aromatic N) is 1. The molecule has 0 aromatic carbocycles. The van der Waals surface area contributed by atoms with Crippen LogP contribution in [0.1, 0.15) is 46.0 Å². The fourth-order valence-corrected chi connectivity index (χ4v) is 1.34. The van der Waals surface area contributed by atoms with E-state index in [1.807, 2.05) is 0 Å². The van der Waals surface area contributed by atoms with Crippen molar-refractivity contribution in [1.29, 1.82) is 0 Å². The molecule has 0 rings (SSSR count). The lowest BCUT2D eigenvalue weighted by Crippen LogP contribution is -2.11. The molecular weight excluding hydrogens is 158 g/mol. The molecule has 0 fully saturated rings. The van der Waals surface area contributed by atoms with Gasteiger partial charge in [0.1, 0.15) is 0 Å². The van der Waals surface area contributed by atoms with Crippen LogP contribution in [0, 0.1) is 0 Å². The van der Waals surface area contributed by atoms with Gasteiger partial charge in [-0.2, -0.15) is 0 Å². The van der Waals surface area contributed by atoms with E-state index in [-0.39, 0.29) is 0 Å². The van der Waals surface area contributed by atoms with Crippen molar-refractivity contribution in [3.8, 4) is 0 Å². The van der Waals surface area contributed by atoms with Gasteiger partial charge in [0.05, 0.1) is 0 Å². The molecule has 1 nitrogen and oxygen atoms in total. The summed E-state index contributed by atoms with van der Waals surface area (Å²) in [4.78, 5) is 2.22. The minimum atomic E-state index is 1.09. The van der Waals surface area contributed by atoms with Crippen LogP contribution in [0.2, 0.25) is 0 Å². The molecular formula is C12H25N. The first-order valence-electron chi connectivity index (χ1n) is 5.53. The van der Waals surface area contributed by atoms with E-state index in [0.29, 0.717) is 0 Å². The maximum absolute atomic E-state index is 2.38. The molecule has 0 aliphatic heterocycles. The van der Waals surface area contributed by atoms with Crippen molar-refractivity contribution in [2.24, 2.45) is 0 Å². The molecule has 0 aliphatic carbocycles. The van der Waals surface area contributed by atoms with E-state index >= 15 is 0 Å². The Morgan fingerprint density at radius 1 is 1.15 bits per heavy atom. The quantitative estimate of drug-likeness (QED) is 0.431. The Balaban J connectivity index is 3.67. The van der Waals surface area contributed by atoms with Crippen molar-refractivity contribution >= 4 is 0 Å². The normalized spacial score (nSPS) is 12.5. The Bertz CT molecular complexity index is 136. The number of hydrogen-bond donors (Lipinski definition) is 0. The highest BCUT2D eigenvalue weighted by Gasteiger charge is 1.94. The van der Waals surface area contributed by atoms with Gasteiger partial charge in [0, 0.05) is 6.54 Å². The molecule has 0 atom stereocenters. The molecule has 0 saturated carbocycles. The highest BCUT2D eigenvalue weighted by Crippen LogP contribution is 2.11. The summed E-state index contributed by atoms with van der Waals surface area (Å²) < 4.78 is 0. The molecule has 0 aromatic rings. The summed E-state index contributed by atoms with van der Waals surface area (Å²) in [6.45, 7) is 5.61. The third-order valence-electron chi connectivity index (χ3n) is 2.30. The van der Waals surface area contributed by atoms with Gasteiger partial charge in [-0.3, -0.25) is 0 Å². The average molecular weight is 183 g/mol. The summed E-state index contributed by atoms with van der Waals surface area (Å²) in [6, 6.07) is 0. The lowest BCUT2D eigenvalue weighted by Gasteiger charge is -2.08. The number of allylic oxidation sites excluding steroid dienone is 1. The SMILES string of the molecule is CCCCCC(=CCN(C)C)CC. The number of hydrogen-bond acceptors (Lipinski definition) is 1. The van der Waals surface area contributed by atoms with E-state index in [2.05, 4.69) is 38.9 Å². The monoisotopic (exact) mass is 183 g/mol.